The molecule has 0 bridgehead atoms. The van der Waals surface area contributed by atoms with Gasteiger partial charge in [0.25, 0.3) is 0 Å². The van der Waals surface area contributed by atoms with E-state index < -0.39 is 6.10 Å². The van der Waals surface area contributed by atoms with Gasteiger partial charge >= 0.3 is 0 Å². The highest BCUT2D eigenvalue weighted by atomic mass is 16.5. The molecule has 1 saturated heterocycles. The summed E-state index contributed by atoms with van der Waals surface area (Å²) < 4.78 is 5.75. The van der Waals surface area contributed by atoms with Crippen molar-refractivity contribution in [1.29, 1.82) is 0 Å². The lowest BCUT2D eigenvalue weighted by atomic mass is 10.0. The van der Waals surface area contributed by atoms with Crippen LogP contribution in [0.15, 0.2) is 18.2 Å². The molecule has 0 aromatic heterocycles. The van der Waals surface area contributed by atoms with E-state index in [1.54, 1.807) is 0 Å². The van der Waals surface area contributed by atoms with Gasteiger partial charge in [-0.05, 0) is 51.8 Å². The Morgan fingerprint density at radius 3 is 2.85 bits per heavy atom. The molecule has 1 fully saturated rings. The van der Waals surface area contributed by atoms with Gasteiger partial charge in [-0.3, -0.25) is 4.90 Å². The zero-order chi connectivity index (χ0) is 14.5. The molecule has 112 valence electrons. The lowest BCUT2D eigenvalue weighted by molar-refractivity contribution is 0.0436. The molecule has 1 aromatic rings. The van der Waals surface area contributed by atoms with Gasteiger partial charge in [-0.1, -0.05) is 24.1 Å². The smallest absolute Gasteiger partial charge is 0.122 e. The number of nitrogens with zero attached hydrogens (tertiary/aromatic N) is 1. The summed E-state index contributed by atoms with van der Waals surface area (Å²) in [5, 5.41) is 10.2. The molecule has 0 spiro atoms. The van der Waals surface area contributed by atoms with E-state index in [4.69, 9.17) is 4.74 Å². The number of benzene rings is 1. The number of hydrogen-bond donors (Lipinski definition) is 1. The molecule has 1 aliphatic heterocycles. The number of ether oxygens (including phenoxy) is 1. The zero-order valence-corrected chi connectivity index (χ0v) is 12.9. The van der Waals surface area contributed by atoms with Crippen molar-refractivity contribution in [1.82, 2.24) is 4.90 Å². The number of β-amino-alcohol motifs (C(OH)–C–C–N with tert-alkyl or cyclic N) is 1. The van der Waals surface area contributed by atoms with Gasteiger partial charge in [-0.25, -0.2) is 0 Å². The van der Waals surface area contributed by atoms with Crippen molar-refractivity contribution in [3.05, 3.63) is 29.3 Å². The third kappa shape index (κ3) is 4.22. The molecule has 0 aliphatic carbocycles. The molecule has 1 aromatic carbocycles. The number of piperidine rings is 1. The topological polar surface area (TPSA) is 32.7 Å². The van der Waals surface area contributed by atoms with Crippen molar-refractivity contribution in [3.63, 3.8) is 0 Å². The quantitative estimate of drug-likeness (QED) is 0.898. The molecule has 2 unspecified atom stereocenters. The maximum absolute atomic E-state index is 10.2. The van der Waals surface area contributed by atoms with Crippen LogP contribution in [0.5, 0.6) is 5.75 Å². The minimum absolute atomic E-state index is 0.368. The second kappa shape index (κ2) is 7.09. The number of likely N-dealkylation sites (tertiary alicyclic amines) is 1. The largest absolute Gasteiger partial charge is 0.491 e. The number of rotatable bonds is 5. The van der Waals surface area contributed by atoms with Crippen LogP contribution in [0.2, 0.25) is 0 Å². The van der Waals surface area contributed by atoms with Crippen molar-refractivity contribution in [2.75, 3.05) is 19.7 Å². The Labute approximate surface area is 122 Å². The van der Waals surface area contributed by atoms with E-state index in [0.29, 0.717) is 19.2 Å². The molecule has 1 N–H and O–H groups in total. The van der Waals surface area contributed by atoms with Crippen LogP contribution in [0.1, 0.15) is 37.3 Å². The fourth-order valence-electron chi connectivity index (χ4n) is 2.90. The summed E-state index contributed by atoms with van der Waals surface area (Å²) in [6, 6.07) is 6.72. The lowest BCUT2D eigenvalue weighted by Gasteiger charge is -2.34. The summed E-state index contributed by atoms with van der Waals surface area (Å²) >= 11 is 0. The third-order valence-electron chi connectivity index (χ3n) is 4.15. The van der Waals surface area contributed by atoms with Crippen LogP contribution in [-0.2, 0) is 0 Å². The van der Waals surface area contributed by atoms with Crippen molar-refractivity contribution in [2.45, 2.75) is 52.2 Å². The van der Waals surface area contributed by atoms with Gasteiger partial charge in [0.05, 0.1) is 0 Å². The molecule has 0 radical (unpaired) electrons. The van der Waals surface area contributed by atoms with Crippen molar-refractivity contribution in [3.8, 4) is 5.75 Å². The molecular formula is C17H27NO2. The maximum Gasteiger partial charge on any atom is 0.122 e. The van der Waals surface area contributed by atoms with Crippen molar-refractivity contribution >= 4 is 0 Å². The molecule has 0 saturated carbocycles. The molecule has 0 amide bonds. The molecule has 2 rings (SSSR count). The summed E-state index contributed by atoms with van der Waals surface area (Å²) in [5.74, 6) is 0.876. The first-order chi connectivity index (χ1) is 9.56. The Balaban J connectivity index is 1.81. The summed E-state index contributed by atoms with van der Waals surface area (Å²) in [6.07, 6.45) is 3.38. The van der Waals surface area contributed by atoms with Crippen molar-refractivity contribution in [2.24, 2.45) is 0 Å². The van der Waals surface area contributed by atoms with Crippen LogP contribution in [0.3, 0.4) is 0 Å². The van der Waals surface area contributed by atoms with E-state index in [-0.39, 0.29) is 0 Å². The van der Waals surface area contributed by atoms with E-state index >= 15 is 0 Å². The summed E-state index contributed by atoms with van der Waals surface area (Å²) in [5.41, 5.74) is 2.36. The highest BCUT2D eigenvalue weighted by Gasteiger charge is 2.21. The highest BCUT2D eigenvalue weighted by molar-refractivity contribution is 5.35. The maximum atomic E-state index is 10.2. The first-order valence-electron chi connectivity index (χ1n) is 7.68. The Morgan fingerprint density at radius 1 is 1.35 bits per heavy atom. The van der Waals surface area contributed by atoms with Gasteiger partial charge in [-0.15, -0.1) is 0 Å². The van der Waals surface area contributed by atoms with Crippen molar-refractivity contribution < 1.29 is 9.84 Å². The lowest BCUT2D eigenvalue weighted by Crippen LogP contribution is -2.43. The second-order valence-electron chi connectivity index (χ2n) is 6.07. The first kappa shape index (κ1) is 15.3. The average Bonchev–Trinajstić information content (AvgIpc) is 2.40. The van der Waals surface area contributed by atoms with Gasteiger partial charge in [0.2, 0.25) is 0 Å². The molecule has 3 nitrogen and oxygen atoms in total. The van der Waals surface area contributed by atoms with Gasteiger partial charge in [0, 0.05) is 12.6 Å². The van der Waals surface area contributed by atoms with E-state index in [1.807, 2.05) is 19.1 Å². The predicted molar refractivity (Wildman–Crippen MR) is 82.3 cm³/mol. The minimum Gasteiger partial charge on any atom is -0.491 e. The number of aliphatic hydroxyl groups excluding tert-OH is 1. The summed E-state index contributed by atoms with van der Waals surface area (Å²) in [4.78, 5) is 2.37. The molecule has 3 heteroatoms. The molecule has 20 heavy (non-hydrogen) atoms. The fraction of sp³-hybridized carbons (Fsp3) is 0.647. The standard InChI is InChI=1S/C17H27NO2/c1-13-7-8-17(14(2)10-13)20-12-16(19)11-18-9-5-4-6-15(18)3/h7-8,10,15-16,19H,4-6,9,11-12H2,1-3H3. The molecule has 2 atom stereocenters. The van der Waals surface area contributed by atoms with Crippen LogP contribution < -0.4 is 4.74 Å². The zero-order valence-electron chi connectivity index (χ0n) is 12.9. The monoisotopic (exact) mass is 277 g/mol. The van der Waals surface area contributed by atoms with Gasteiger partial charge < -0.3 is 9.84 Å². The van der Waals surface area contributed by atoms with E-state index in [0.717, 1.165) is 17.9 Å². The van der Waals surface area contributed by atoms with Gasteiger partial charge in [0.15, 0.2) is 0 Å². The van der Waals surface area contributed by atoms with E-state index in [2.05, 4.69) is 24.8 Å². The number of hydrogen-bond acceptors (Lipinski definition) is 3. The Bertz CT molecular complexity index is 433. The van der Waals surface area contributed by atoms with E-state index in [1.165, 1.54) is 24.8 Å². The minimum atomic E-state index is -0.420. The van der Waals surface area contributed by atoms with Crippen LogP contribution >= 0.6 is 0 Å². The average molecular weight is 277 g/mol. The molecule has 1 heterocycles. The summed E-state index contributed by atoms with van der Waals surface area (Å²) in [7, 11) is 0. The molecule has 1 aliphatic rings. The number of aryl methyl sites for hydroxylation is 2. The van der Waals surface area contributed by atoms with Crippen LogP contribution in [0, 0.1) is 13.8 Å². The summed E-state index contributed by atoms with van der Waals surface area (Å²) in [6.45, 7) is 8.54. The van der Waals surface area contributed by atoms with Gasteiger partial charge in [-0.2, -0.15) is 0 Å². The Hall–Kier alpha value is -1.06. The molecular weight excluding hydrogens is 250 g/mol. The predicted octanol–water partition coefficient (Wildman–Crippen LogP) is 2.92. The second-order valence-corrected chi connectivity index (χ2v) is 6.07. The van der Waals surface area contributed by atoms with Crippen LogP contribution in [0.25, 0.3) is 0 Å². The SMILES string of the molecule is Cc1ccc(OCC(O)CN2CCCCC2C)c(C)c1. The Kier molecular flexibility index (Phi) is 5.44. The Morgan fingerprint density at radius 2 is 2.15 bits per heavy atom. The van der Waals surface area contributed by atoms with Crippen LogP contribution in [-0.4, -0.2) is 41.8 Å². The van der Waals surface area contributed by atoms with E-state index in [9.17, 15) is 5.11 Å². The first-order valence-corrected chi connectivity index (χ1v) is 7.68. The number of aliphatic hydroxyl groups is 1. The van der Waals surface area contributed by atoms with Crippen LogP contribution in [0.4, 0.5) is 0 Å². The fourth-order valence-corrected chi connectivity index (χ4v) is 2.90. The third-order valence-corrected chi connectivity index (χ3v) is 4.15. The highest BCUT2D eigenvalue weighted by Crippen LogP contribution is 2.20. The normalized spacial score (nSPS) is 21.7. The van der Waals surface area contributed by atoms with Gasteiger partial charge in [0.1, 0.15) is 18.5 Å².